The number of hydrogen-bond donors (Lipinski definition) is 1. The van der Waals surface area contributed by atoms with Crippen LogP contribution in [0, 0.1) is 24.2 Å². The molecular weight excluding hydrogens is 546 g/mol. The second-order valence-electron chi connectivity index (χ2n) is 11.2. The van der Waals surface area contributed by atoms with Crippen LogP contribution in [0.1, 0.15) is 59.2 Å². The van der Waals surface area contributed by atoms with Crippen molar-refractivity contribution in [2.45, 2.75) is 50.5 Å². The largest absolute Gasteiger partial charge is 0.336 e. The lowest BCUT2D eigenvalue weighted by Gasteiger charge is -2.34. The molecule has 1 heterocycles. The summed E-state index contributed by atoms with van der Waals surface area (Å²) in [5, 5.41) is 9.13. The highest BCUT2D eigenvalue weighted by atomic mass is 32.2. The Morgan fingerprint density at radius 1 is 1.00 bits per heavy atom. The highest BCUT2D eigenvalue weighted by molar-refractivity contribution is 7.92. The summed E-state index contributed by atoms with van der Waals surface area (Å²) < 4.78 is 29.5. The lowest BCUT2D eigenvalue weighted by Crippen LogP contribution is -2.48. The molecule has 42 heavy (non-hydrogen) atoms. The molecule has 0 unspecified atom stereocenters. The molecule has 2 aliphatic rings. The number of carbonyl (C=O) groups is 1. The third kappa shape index (κ3) is 7.25. The Morgan fingerprint density at radius 3 is 2.43 bits per heavy atom. The maximum Gasteiger partial charge on any atom is 0.264 e. The van der Waals surface area contributed by atoms with Gasteiger partial charge in [0, 0.05) is 50.2 Å². The minimum absolute atomic E-state index is 0.0754. The number of piperazine rings is 1. The van der Waals surface area contributed by atoms with Gasteiger partial charge in [0.1, 0.15) is 4.90 Å². The number of rotatable bonds is 8. The van der Waals surface area contributed by atoms with Crippen LogP contribution >= 0.6 is 0 Å². The number of carbonyl (C=O) groups excluding carboxylic acids is 1. The van der Waals surface area contributed by atoms with E-state index in [0.29, 0.717) is 41.5 Å². The summed E-state index contributed by atoms with van der Waals surface area (Å²) in [6, 6.07) is 21.6. The minimum atomic E-state index is -3.89. The quantitative estimate of drug-likeness (QED) is 0.332. The summed E-state index contributed by atoms with van der Waals surface area (Å²) >= 11 is 0. The van der Waals surface area contributed by atoms with E-state index in [4.69, 9.17) is 5.26 Å². The van der Waals surface area contributed by atoms with Gasteiger partial charge >= 0.3 is 0 Å². The zero-order chi connectivity index (χ0) is 29.5. The van der Waals surface area contributed by atoms with Crippen molar-refractivity contribution in [3.63, 3.8) is 0 Å². The number of nitrogens with zero attached hydrogens (tertiary/aromatic N) is 4. The normalized spacial score (nSPS) is 16.8. The van der Waals surface area contributed by atoms with E-state index in [9.17, 15) is 13.2 Å². The van der Waals surface area contributed by atoms with Gasteiger partial charge in [-0.15, -0.1) is 0 Å². The lowest BCUT2D eigenvalue weighted by atomic mass is 9.90. The Labute approximate surface area is 248 Å². The summed E-state index contributed by atoms with van der Waals surface area (Å²) in [6.45, 7) is 5.29. The van der Waals surface area contributed by atoms with E-state index < -0.39 is 10.0 Å². The van der Waals surface area contributed by atoms with Gasteiger partial charge in [-0.2, -0.15) is 5.26 Å². The standard InChI is InChI=1S/C33H37N5O3S/c1-25-7-5-12-31(32(25)35-23-26-8-3-2-4-9-26)42(40,41)36-30-15-13-29(14-16-30)33(39)38-19-17-37(18-20-38)24-28-11-6-10-27(21-28)22-34/h5-7,10-16,21,23,26,36H,2-4,8-9,17-20,24H2,1H3. The van der Waals surface area contributed by atoms with Crippen LogP contribution in [0.4, 0.5) is 11.4 Å². The van der Waals surface area contributed by atoms with Crippen molar-refractivity contribution in [2.24, 2.45) is 10.9 Å². The number of nitriles is 1. The first-order valence-corrected chi connectivity index (χ1v) is 16.1. The molecule has 1 saturated carbocycles. The van der Waals surface area contributed by atoms with E-state index in [1.807, 2.05) is 42.3 Å². The van der Waals surface area contributed by atoms with E-state index in [1.165, 1.54) is 19.3 Å². The zero-order valence-electron chi connectivity index (χ0n) is 24.0. The monoisotopic (exact) mass is 583 g/mol. The van der Waals surface area contributed by atoms with E-state index in [1.54, 1.807) is 42.5 Å². The van der Waals surface area contributed by atoms with Gasteiger partial charge in [0.05, 0.1) is 17.3 Å². The van der Waals surface area contributed by atoms with Gasteiger partial charge in [-0.05, 0) is 79.3 Å². The SMILES string of the molecule is Cc1cccc(S(=O)(=O)Nc2ccc(C(=O)N3CCN(Cc4cccc(C#N)c4)CC3)cc2)c1N=CC1CCCCC1. The van der Waals surface area contributed by atoms with Crippen LogP contribution in [-0.2, 0) is 16.6 Å². The molecule has 1 saturated heterocycles. The smallest absolute Gasteiger partial charge is 0.264 e. The first-order chi connectivity index (χ1) is 20.3. The second-order valence-corrected chi connectivity index (χ2v) is 12.8. The Balaban J connectivity index is 1.20. The molecule has 1 aliphatic heterocycles. The topological polar surface area (TPSA) is 106 Å². The van der Waals surface area contributed by atoms with Crippen LogP contribution in [0.5, 0.6) is 0 Å². The van der Waals surface area contributed by atoms with Crippen LogP contribution in [0.25, 0.3) is 0 Å². The number of sulfonamides is 1. The third-order valence-electron chi connectivity index (χ3n) is 8.06. The van der Waals surface area contributed by atoms with Crippen LogP contribution in [0.2, 0.25) is 0 Å². The molecule has 0 spiro atoms. The average Bonchev–Trinajstić information content (AvgIpc) is 3.01. The van der Waals surface area contributed by atoms with Crippen LogP contribution in [0.3, 0.4) is 0 Å². The van der Waals surface area contributed by atoms with E-state index >= 15 is 0 Å². The van der Waals surface area contributed by atoms with Gasteiger partial charge in [-0.3, -0.25) is 19.4 Å². The van der Waals surface area contributed by atoms with Crippen molar-refractivity contribution in [2.75, 3.05) is 30.9 Å². The molecule has 2 fully saturated rings. The van der Waals surface area contributed by atoms with E-state index in [2.05, 4.69) is 20.7 Å². The van der Waals surface area contributed by atoms with Gasteiger partial charge in [0.25, 0.3) is 15.9 Å². The van der Waals surface area contributed by atoms with Crippen molar-refractivity contribution < 1.29 is 13.2 Å². The zero-order valence-corrected chi connectivity index (χ0v) is 24.8. The molecule has 9 heteroatoms. The van der Waals surface area contributed by atoms with Gasteiger partial charge < -0.3 is 4.90 Å². The minimum Gasteiger partial charge on any atom is -0.336 e. The maximum absolute atomic E-state index is 13.4. The molecule has 0 aromatic heterocycles. The highest BCUT2D eigenvalue weighted by Gasteiger charge is 2.24. The van der Waals surface area contributed by atoms with E-state index in [-0.39, 0.29) is 10.8 Å². The summed E-state index contributed by atoms with van der Waals surface area (Å²) in [5.41, 5.74) is 3.91. The predicted octanol–water partition coefficient (Wildman–Crippen LogP) is 5.91. The fourth-order valence-corrected chi connectivity index (χ4v) is 6.94. The summed E-state index contributed by atoms with van der Waals surface area (Å²) in [4.78, 5) is 22.1. The molecule has 8 nitrogen and oxygen atoms in total. The second kappa shape index (κ2) is 13.3. The number of aryl methyl sites for hydroxylation is 1. The number of para-hydroxylation sites is 1. The molecule has 3 aromatic rings. The lowest BCUT2D eigenvalue weighted by molar-refractivity contribution is 0.0628. The van der Waals surface area contributed by atoms with Gasteiger partial charge in [-0.1, -0.05) is 43.5 Å². The molecular formula is C33H37N5O3S. The highest BCUT2D eigenvalue weighted by Crippen LogP contribution is 2.31. The number of hydrogen-bond acceptors (Lipinski definition) is 6. The third-order valence-corrected chi connectivity index (χ3v) is 9.47. The molecule has 1 N–H and O–H groups in total. The Bertz CT molecular complexity index is 1580. The van der Waals surface area contributed by atoms with Crippen molar-refractivity contribution >= 4 is 33.5 Å². The van der Waals surface area contributed by atoms with Crippen LogP contribution < -0.4 is 4.72 Å². The number of anilines is 1. The molecule has 1 aliphatic carbocycles. The fraction of sp³-hybridized carbons (Fsp3) is 0.364. The molecule has 218 valence electrons. The maximum atomic E-state index is 13.4. The summed E-state index contributed by atoms with van der Waals surface area (Å²) in [6.07, 6.45) is 7.73. The summed E-state index contributed by atoms with van der Waals surface area (Å²) in [7, 11) is -3.89. The van der Waals surface area contributed by atoms with Crippen molar-refractivity contribution in [3.05, 3.63) is 89.0 Å². The molecule has 0 atom stereocenters. The molecule has 0 radical (unpaired) electrons. The molecule has 1 amide bonds. The number of benzene rings is 3. The molecule has 0 bridgehead atoms. The van der Waals surface area contributed by atoms with Crippen LogP contribution in [0.15, 0.2) is 76.6 Å². The van der Waals surface area contributed by atoms with Gasteiger partial charge in [0.2, 0.25) is 0 Å². The first kappa shape index (κ1) is 29.5. The first-order valence-electron chi connectivity index (χ1n) is 14.6. The molecule has 5 rings (SSSR count). The fourth-order valence-electron chi connectivity index (χ4n) is 5.66. The van der Waals surface area contributed by atoms with Crippen molar-refractivity contribution in [1.82, 2.24) is 9.80 Å². The Kier molecular flexibility index (Phi) is 9.35. The average molecular weight is 584 g/mol. The van der Waals surface area contributed by atoms with Gasteiger partial charge in [0.15, 0.2) is 0 Å². The van der Waals surface area contributed by atoms with E-state index in [0.717, 1.165) is 43.6 Å². The van der Waals surface area contributed by atoms with Gasteiger partial charge in [-0.25, -0.2) is 8.42 Å². The van der Waals surface area contributed by atoms with Crippen molar-refractivity contribution in [1.29, 1.82) is 5.26 Å². The predicted molar refractivity (Wildman–Crippen MR) is 165 cm³/mol. The Hall–Kier alpha value is -4.00. The van der Waals surface area contributed by atoms with Crippen LogP contribution in [-0.4, -0.2) is 56.5 Å². The number of nitrogens with one attached hydrogen (secondary N) is 1. The van der Waals surface area contributed by atoms with Crippen molar-refractivity contribution in [3.8, 4) is 6.07 Å². The number of amides is 1. The summed E-state index contributed by atoms with van der Waals surface area (Å²) in [5.74, 6) is 0.310. The number of aliphatic imine (C=N–C) groups is 1. The molecule has 3 aromatic carbocycles. The Morgan fingerprint density at radius 2 is 1.71 bits per heavy atom.